The van der Waals surface area contributed by atoms with E-state index in [1.54, 1.807) is 0 Å². The third kappa shape index (κ3) is 5.28. The summed E-state index contributed by atoms with van der Waals surface area (Å²) in [5.41, 5.74) is 0.127. The third-order valence-corrected chi connectivity index (χ3v) is 4.99. The van der Waals surface area contributed by atoms with Crippen molar-refractivity contribution in [3.05, 3.63) is 30.1 Å². The zero-order valence-corrected chi connectivity index (χ0v) is 17.6. The number of nitrogens with zero attached hydrogens (tertiary/aromatic N) is 1. The first-order chi connectivity index (χ1) is 16.5. The smallest absolute Gasteiger partial charge is 0.396 e. The molecule has 0 aliphatic carbocycles. The van der Waals surface area contributed by atoms with Crippen LogP contribution < -0.4 is 4.57 Å². The Bertz CT molecular complexity index is 889. The van der Waals surface area contributed by atoms with E-state index in [2.05, 4.69) is 0 Å². The summed E-state index contributed by atoms with van der Waals surface area (Å²) in [6.07, 6.45) is -19.9. The second-order valence-corrected chi connectivity index (χ2v) is 7.54. The maximum Gasteiger partial charge on any atom is 0.407 e. The second-order valence-electron chi connectivity index (χ2n) is 7.54. The second kappa shape index (κ2) is 10.6. The number of hydrogen-bond donors (Lipinski definition) is 1. The van der Waals surface area contributed by atoms with Gasteiger partial charge in [-0.15, -0.1) is 0 Å². The fourth-order valence-corrected chi connectivity index (χ4v) is 2.72. The fourth-order valence-electron chi connectivity index (χ4n) is 2.72. The van der Waals surface area contributed by atoms with E-state index >= 15 is 0 Å². The van der Waals surface area contributed by atoms with E-state index < -0.39 is 71.8 Å². The molecule has 0 amide bonds. The fraction of sp³-hybridized carbons (Fsp3) is 0.722. The number of pyridine rings is 1. The molecule has 1 aromatic heterocycles. The number of halogens is 17. The summed E-state index contributed by atoms with van der Waals surface area (Å²) in [4.78, 5) is 0. The van der Waals surface area contributed by atoms with E-state index in [0.717, 1.165) is 12.1 Å². The van der Waals surface area contributed by atoms with Crippen LogP contribution in [0.2, 0.25) is 0 Å². The molecular weight excluding hydrogens is 569 g/mol. The van der Waals surface area contributed by atoms with Gasteiger partial charge in [0.05, 0.1) is 0 Å². The molecule has 0 saturated heterocycles. The van der Waals surface area contributed by atoms with Gasteiger partial charge in [0, 0.05) is 18.7 Å². The van der Waals surface area contributed by atoms with Crippen molar-refractivity contribution < 1.29 is 84.3 Å². The lowest BCUT2D eigenvalue weighted by atomic mass is 9.88. The largest absolute Gasteiger partial charge is 0.407 e. The zero-order valence-electron chi connectivity index (χ0n) is 17.6. The minimum atomic E-state index is -8.40. The Labute approximate surface area is 195 Å². The molecule has 3 unspecified atom stereocenters. The first kappa shape index (κ1) is 32.9. The van der Waals surface area contributed by atoms with Crippen LogP contribution in [0.3, 0.4) is 0 Å². The van der Waals surface area contributed by atoms with Gasteiger partial charge in [-0.3, -0.25) is 0 Å². The van der Waals surface area contributed by atoms with E-state index in [4.69, 9.17) is 5.11 Å². The highest BCUT2D eigenvalue weighted by Crippen LogP contribution is 2.62. The van der Waals surface area contributed by atoms with Gasteiger partial charge in [0.25, 0.3) is 6.43 Å². The Morgan fingerprint density at radius 1 is 0.649 bits per heavy atom. The van der Waals surface area contributed by atoms with Crippen molar-refractivity contribution in [2.24, 2.45) is 0 Å². The van der Waals surface area contributed by atoms with Crippen molar-refractivity contribution in [1.82, 2.24) is 0 Å². The average Bonchev–Trinajstić information content (AvgIpc) is 2.80. The van der Waals surface area contributed by atoms with Crippen LogP contribution in [-0.4, -0.2) is 66.0 Å². The molecule has 2 nitrogen and oxygen atoms in total. The molecule has 1 rings (SSSR count). The lowest BCUT2D eigenvalue weighted by Gasteiger charge is -2.41. The highest BCUT2D eigenvalue weighted by molar-refractivity contribution is 5.14. The summed E-state index contributed by atoms with van der Waals surface area (Å²) in [6, 6.07) is 1.44. The Morgan fingerprint density at radius 3 is 1.43 bits per heavy atom. The van der Waals surface area contributed by atoms with Gasteiger partial charge in [-0.2, -0.15) is 61.6 Å². The number of hydrogen-bond acceptors (Lipinski definition) is 1. The molecule has 1 aromatic rings. The van der Waals surface area contributed by atoms with Gasteiger partial charge >= 0.3 is 41.8 Å². The molecule has 1 N–H and O–H groups in total. The van der Waals surface area contributed by atoms with Gasteiger partial charge in [-0.1, -0.05) is 0 Å². The van der Waals surface area contributed by atoms with E-state index in [1.165, 1.54) is 0 Å². The Hall–Kier alpha value is -2.08. The topological polar surface area (TPSA) is 24.1 Å². The predicted octanol–water partition coefficient (Wildman–Crippen LogP) is 6.12. The van der Waals surface area contributed by atoms with Crippen LogP contribution in [0.15, 0.2) is 24.5 Å². The lowest BCUT2D eigenvalue weighted by molar-refractivity contribution is -0.772. The van der Waals surface area contributed by atoms with Crippen LogP contribution in [0.25, 0.3) is 0 Å². The minimum absolute atomic E-state index is 0.00467. The standard InChI is InChI=1S/C18H15F17NO/c19-9(11(21)22)10(20)13(24,25)15(28,29)17(32,33)18(34,35)16(30,31)14(26,27)12(23)36-5-3-8(4-6-36)2-1-7-37/h3-6,9-12,37H,1-2,7H2/q+1. The Balaban J connectivity index is 3.48. The first-order valence-corrected chi connectivity index (χ1v) is 9.54. The van der Waals surface area contributed by atoms with Gasteiger partial charge in [0.1, 0.15) is 0 Å². The molecule has 1 heterocycles. The molecule has 0 saturated carbocycles. The van der Waals surface area contributed by atoms with Crippen molar-refractivity contribution in [2.75, 3.05) is 6.61 Å². The van der Waals surface area contributed by atoms with Crippen molar-refractivity contribution >= 4 is 0 Å². The SMILES string of the molecule is OCCCc1cc[n+](C(F)C(F)(F)C(F)(F)C(F)(F)C(F)(F)C(F)(F)C(F)(F)C(F)C(F)C(F)F)cc1. The quantitative estimate of drug-likeness (QED) is 0.219. The van der Waals surface area contributed by atoms with Crippen molar-refractivity contribution in [3.8, 4) is 0 Å². The molecule has 3 atom stereocenters. The summed E-state index contributed by atoms with van der Waals surface area (Å²) < 4.78 is 229. The maximum absolute atomic E-state index is 14.2. The highest BCUT2D eigenvalue weighted by Gasteiger charge is 2.92. The van der Waals surface area contributed by atoms with Gasteiger partial charge in [-0.05, 0) is 18.4 Å². The summed E-state index contributed by atoms with van der Waals surface area (Å²) in [7, 11) is 0. The van der Waals surface area contributed by atoms with Crippen LogP contribution in [0, 0.1) is 0 Å². The van der Waals surface area contributed by atoms with Crippen molar-refractivity contribution in [3.63, 3.8) is 0 Å². The molecule has 19 heteroatoms. The molecule has 216 valence electrons. The lowest BCUT2D eigenvalue weighted by Crippen LogP contribution is -2.73. The molecule has 0 radical (unpaired) electrons. The van der Waals surface area contributed by atoms with Crippen LogP contribution in [0.1, 0.15) is 18.3 Å². The van der Waals surface area contributed by atoms with Gasteiger partial charge in [-0.25, -0.2) is 17.6 Å². The van der Waals surface area contributed by atoms with Crippen LogP contribution in [0.5, 0.6) is 0 Å². The Morgan fingerprint density at radius 2 is 1.05 bits per heavy atom. The molecule has 0 spiro atoms. The van der Waals surface area contributed by atoms with Gasteiger partial charge in [0.2, 0.25) is 6.17 Å². The normalized spacial score (nSPS) is 17.2. The third-order valence-electron chi connectivity index (χ3n) is 4.99. The van der Waals surface area contributed by atoms with E-state index in [1.807, 2.05) is 0 Å². The Kier molecular flexibility index (Phi) is 9.43. The number of aromatic nitrogens is 1. The van der Waals surface area contributed by atoms with E-state index in [9.17, 15) is 74.6 Å². The van der Waals surface area contributed by atoms with E-state index in [-0.39, 0.29) is 30.8 Å². The molecule has 0 bridgehead atoms. The average molecular weight is 584 g/mol. The molecule has 0 aromatic carbocycles. The number of rotatable bonds is 13. The predicted molar refractivity (Wildman–Crippen MR) is 87.7 cm³/mol. The summed E-state index contributed by atoms with van der Waals surface area (Å²) in [6.45, 7) is -0.394. The number of aliphatic hydroxyl groups excluding tert-OH is 1. The maximum atomic E-state index is 14.2. The number of aryl methyl sites for hydroxylation is 1. The number of aliphatic hydroxyl groups is 1. The summed E-state index contributed by atoms with van der Waals surface area (Å²) in [5, 5.41) is 8.64. The zero-order chi connectivity index (χ0) is 29.4. The van der Waals surface area contributed by atoms with Crippen LogP contribution >= 0.6 is 0 Å². The number of alkyl halides is 17. The molecule has 0 fully saturated rings. The monoisotopic (exact) mass is 584 g/mol. The van der Waals surface area contributed by atoms with Gasteiger partial charge in [0.15, 0.2) is 18.6 Å². The summed E-state index contributed by atoms with van der Waals surface area (Å²) >= 11 is 0. The van der Waals surface area contributed by atoms with Crippen LogP contribution in [0.4, 0.5) is 74.6 Å². The van der Waals surface area contributed by atoms with Crippen molar-refractivity contribution in [2.45, 2.75) is 73.4 Å². The van der Waals surface area contributed by atoms with Crippen LogP contribution in [-0.2, 0) is 6.42 Å². The molecule has 0 aliphatic rings. The molecule has 37 heavy (non-hydrogen) atoms. The van der Waals surface area contributed by atoms with Crippen molar-refractivity contribution in [1.29, 1.82) is 0 Å². The van der Waals surface area contributed by atoms with Gasteiger partial charge < -0.3 is 5.11 Å². The summed E-state index contributed by atoms with van der Waals surface area (Å²) in [5.74, 6) is -47.5. The van der Waals surface area contributed by atoms with E-state index in [0.29, 0.717) is 0 Å². The molecule has 0 aliphatic heterocycles. The highest BCUT2D eigenvalue weighted by atomic mass is 19.4. The first-order valence-electron chi connectivity index (χ1n) is 9.54. The molecular formula is C18H15F17NO+. The minimum Gasteiger partial charge on any atom is -0.396 e.